The van der Waals surface area contributed by atoms with Crippen LogP contribution in [0.15, 0.2) is 72.8 Å². The second-order valence-electron chi connectivity index (χ2n) is 7.76. The Morgan fingerprint density at radius 1 is 0.528 bits per heavy atom. The molecule has 10 heteroatoms. The molecular weight excluding hydrogens is 468 g/mol. The van der Waals surface area contributed by atoms with Gasteiger partial charge in [-0.05, 0) is 61.4 Å². The van der Waals surface area contributed by atoms with Crippen LogP contribution in [0.2, 0.25) is 0 Å². The molecule has 2 aromatic rings. The minimum atomic E-state index is -0.555. The second kappa shape index (κ2) is 10.6. The normalized spacial score (nSPS) is 14.7. The Bertz CT molecular complexity index is 1150. The van der Waals surface area contributed by atoms with Crippen LogP contribution in [0.4, 0.5) is 11.4 Å². The predicted molar refractivity (Wildman–Crippen MR) is 126 cm³/mol. The van der Waals surface area contributed by atoms with Gasteiger partial charge in [0.05, 0.1) is 35.7 Å². The van der Waals surface area contributed by atoms with E-state index in [4.69, 9.17) is 9.47 Å². The molecular formula is C26H20N2O8. The maximum Gasteiger partial charge on any atom is 0.338 e. The zero-order valence-corrected chi connectivity index (χ0v) is 18.9. The molecule has 2 aliphatic heterocycles. The molecule has 0 fully saturated rings. The van der Waals surface area contributed by atoms with Gasteiger partial charge in [0.2, 0.25) is 0 Å². The lowest BCUT2D eigenvalue weighted by atomic mass is 10.2. The minimum Gasteiger partial charge on any atom is -0.462 e. The number of nitrogens with zero attached hydrogens (tertiary/aromatic N) is 2. The lowest BCUT2D eigenvalue weighted by Gasteiger charge is -2.14. The number of rotatable bonds is 9. The number of anilines is 2. The summed E-state index contributed by atoms with van der Waals surface area (Å²) >= 11 is 0. The van der Waals surface area contributed by atoms with Gasteiger partial charge >= 0.3 is 11.9 Å². The predicted octanol–water partition coefficient (Wildman–Crippen LogP) is 2.34. The van der Waals surface area contributed by atoms with E-state index in [2.05, 4.69) is 0 Å². The highest BCUT2D eigenvalue weighted by Crippen LogP contribution is 2.21. The third-order valence-corrected chi connectivity index (χ3v) is 5.35. The van der Waals surface area contributed by atoms with Gasteiger partial charge in [-0.2, -0.15) is 0 Å². The molecule has 0 bridgehead atoms. The Kier molecular flexibility index (Phi) is 7.15. The van der Waals surface area contributed by atoms with Crippen molar-refractivity contribution in [2.45, 2.75) is 12.8 Å². The van der Waals surface area contributed by atoms with Crippen molar-refractivity contribution >= 4 is 46.9 Å². The van der Waals surface area contributed by atoms with Crippen molar-refractivity contribution in [3.63, 3.8) is 0 Å². The molecule has 0 atom stereocenters. The molecule has 2 aromatic carbocycles. The van der Waals surface area contributed by atoms with Crippen LogP contribution in [-0.4, -0.2) is 48.8 Å². The van der Waals surface area contributed by atoms with Crippen molar-refractivity contribution in [1.29, 1.82) is 0 Å². The van der Waals surface area contributed by atoms with E-state index in [-0.39, 0.29) is 24.3 Å². The number of benzene rings is 2. The molecule has 0 saturated heterocycles. The Hall–Kier alpha value is -4.86. The highest BCUT2D eigenvalue weighted by Gasteiger charge is 2.26. The molecule has 4 rings (SSSR count). The van der Waals surface area contributed by atoms with Gasteiger partial charge in [0.15, 0.2) is 0 Å². The first-order chi connectivity index (χ1) is 17.3. The van der Waals surface area contributed by atoms with Gasteiger partial charge in [0, 0.05) is 24.3 Å². The average Bonchev–Trinajstić information content (AvgIpc) is 3.40. The van der Waals surface area contributed by atoms with Crippen LogP contribution in [0.1, 0.15) is 33.6 Å². The summed E-state index contributed by atoms with van der Waals surface area (Å²) in [5, 5.41) is 0. The van der Waals surface area contributed by atoms with Crippen molar-refractivity contribution in [1.82, 2.24) is 0 Å². The van der Waals surface area contributed by atoms with Gasteiger partial charge in [-0.25, -0.2) is 19.4 Å². The van der Waals surface area contributed by atoms with E-state index in [1.807, 2.05) is 0 Å². The van der Waals surface area contributed by atoms with Crippen LogP contribution in [0, 0.1) is 0 Å². The largest absolute Gasteiger partial charge is 0.462 e. The topological polar surface area (TPSA) is 127 Å². The molecule has 2 heterocycles. The zero-order valence-electron chi connectivity index (χ0n) is 18.9. The molecule has 0 aliphatic carbocycles. The van der Waals surface area contributed by atoms with Crippen LogP contribution < -0.4 is 9.80 Å². The number of esters is 2. The molecule has 36 heavy (non-hydrogen) atoms. The summed E-state index contributed by atoms with van der Waals surface area (Å²) in [6.07, 6.45) is 5.64. The summed E-state index contributed by atoms with van der Waals surface area (Å²) < 4.78 is 10.4. The maximum absolute atomic E-state index is 12.2. The monoisotopic (exact) mass is 488 g/mol. The molecule has 0 unspecified atom stereocenters. The van der Waals surface area contributed by atoms with Crippen LogP contribution in [0.25, 0.3) is 0 Å². The van der Waals surface area contributed by atoms with E-state index < -0.39 is 35.6 Å². The van der Waals surface area contributed by atoms with Gasteiger partial charge < -0.3 is 9.47 Å². The minimum absolute atomic E-state index is 0.117. The van der Waals surface area contributed by atoms with Gasteiger partial charge in [-0.1, -0.05) is 0 Å². The van der Waals surface area contributed by atoms with E-state index in [0.29, 0.717) is 24.2 Å². The van der Waals surface area contributed by atoms with E-state index in [1.165, 1.54) is 72.8 Å². The third kappa shape index (κ3) is 5.27. The number of imide groups is 2. The molecule has 10 nitrogen and oxygen atoms in total. The number of unbranched alkanes of at least 4 members (excludes halogenated alkanes) is 1. The van der Waals surface area contributed by atoms with Crippen LogP contribution in [0.3, 0.4) is 0 Å². The standard InChI is InChI=1S/C26H20N2O8/c29-21-11-12-22(30)27(21)19-7-3-17(4-8-19)25(33)35-15-1-2-16-36-26(34)18-5-9-20(10-6-18)28-23(31)13-14-24(28)32/h3-14H,1-2,15-16H2. The fourth-order valence-corrected chi connectivity index (χ4v) is 3.50. The highest BCUT2D eigenvalue weighted by molar-refractivity contribution is 6.28. The lowest BCUT2D eigenvalue weighted by Crippen LogP contribution is -2.29. The summed E-state index contributed by atoms with van der Waals surface area (Å²) in [5.41, 5.74) is 1.26. The molecule has 2 aliphatic rings. The van der Waals surface area contributed by atoms with Gasteiger partial charge in [-0.15, -0.1) is 0 Å². The van der Waals surface area contributed by atoms with Gasteiger partial charge in [0.1, 0.15) is 0 Å². The Morgan fingerprint density at radius 3 is 1.14 bits per heavy atom. The molecule has 182 valence electrons. The number of hydrogen-bond acceptors (Lipinski definition) is 8. The van der Waals surface area contributed by atoms with Crippen molar-refractivity contribution in [2.75, 3.05) is 23.0 Å². The van der Waals surface area contributed by atoms with E-state index >= 15 is 0 Å². The Morgan fingerprint density at radius 2 is 0.833 bits per heavy atom. The number of hydrogen-bond donors (Lipinski definition) is 0. The fourth-order valence-electron chi connectivity index (χ4n) is 3.50. The summed E-state index contributed by atoms with van der Waals surface area (Å²) in [7, 11) is 0. The maximum atomic E-state index is 12.2. The number of ether oxygens (including phenoxy) is 2. The Balaban J connectivity index is 1.15. The summed E-state index contributed by atoms with van der Waals surface area (Å²) in [4.78, 5) is 73.2. The second-order valence-corrected chi connectivity index (χ2v) is 7.76. The first-order valence-electron chi connectivity index (χ1n) is 11.0. The summed E-state index contributed by atoms with van der Waals surface area (Å²) in [6.45, 7) is 0.234. The third-order valence-electron chi connectivity index (χ3n) is 5.35. The van der Waals surface area contributed by atoms with Crippen molar-refractivity contribution in [3.8, 4) is 0 Å². The summed E-state index contributed by atoms with van der Waals surface area (Å²) in [6, 6.07) is 11.8. The number of carbonyl (C=O) groups excluding carboxylic acids is 6. The van der Waals surface area contributed by atoms with Crippen LogP contribution >= 0.6 is 0 Å². The molecule has 4 amide bonds. The Labute approximate surface area is 205 Å². The van der Waals surface area contributed by atoms with Crippen molar-refractivity contribution in [2.24, 2.45) is 0 Å². The quantitative estimate of drug-likeness (QED) is 0.299. The molecule has 0 radical (unpaired) electrons. The van der Waals surface area contributed by atoms with Gasteiger partial charge in [-0.3, -0.25) is 19.2 Å². The lowest BCUT2D eigenvalue weighted by molar-refractivity contribution is -0.121. The SMILES string of the molecule is O=C(OCCCCOC(=O)c1ccc(N2C(=O)C=CC2=O)cc1)c1ccc(N2C(=O)C=CC2=O)cc1. The van der Waals surface area contributed by atoms with Gasteiger partial charge in [0.25, 0.3) is 23.6 Å². The molecule has 0 N–H and O–H groups in total. The number of amides is 4. The van der Waals surface area contributed by atoms with Crippen molar-refractivity contribution in [3.05, 3.63) is 84.0 Å². The number of carbonyl (C=O) groups is 6. The highest BCUT2D eigenvalue weighted by atomic mass is 16.5. The van der Waals surface area contributed by atoms with E-state index in [0.717, 1.165) is 9.80 Å². The van der Waals surface area contributed by atoms with E-state index in [9.17, 15) is 28.8 Å². The van der Waals surface area contributed by atoms with Crippen LogP contribution in [0.5, 0.6) is 0 Å². The fraction of sp³-hybridized carbons (Fsp3) is 0.154. The van der Waals surface area contributed by atoms with Crippen molar-refractivity contribution < 1.29 is 38.2 Å². The zero-order chi connectivity index (χ0) is 25.7. The molecule has 0 aromatic heterocycles. The smallest absolute Gasteiger partial charge is 0.338 e. The molecule has 0 saturated carbocycles. The van der Waals surface area contributed by atoms with E-state index in [1.54, 1.807) is 0 Å². The van der Waals surface area contributed by atoms with Crippen LogP contribution in [-0.2, 0) is 28.7 Å². The summed E-state index contributed by atoms with van der Waals surface area (Å²) in [5.74, 6) is -2.88. The molecule has 0 spiro atoms. The first kappa shape index (κ1) is 24.3. The first-order valence-corrected chi connectivity index (χ1v) is 11.0. The average molecular weight is 488 g/mol.